The fraction of sp³-hybridized carbons (Fsp3) is 0.455. The molecule has 0 aromatic carbocycles. The minimum absolute atomic E-state index is 0.0437. The molecule has 0 radical (unpaired) electrons. The number of carbonyl (C=O) groups is 1. The highest BCUT2D eigenvalue weighted by molar-refractivity contribution is 5.76. The molecule has 0 aliphatic rings. The van der Waals surface area contributed by atoms with Crippen LogP contribution in [0.3, 0.4) is 0 Å². The summed E-state index contributed by atoms with van der Waals surface area (Å²) in [6.07, 6.45) is 2.06. The summed E-state index contributed by atoms with van der Waals surface area (Å²) in [6.45, 7) is 5.06. The molecule has 1 heterocycles. The maximum atomic E-state index is 11.2. The number of amides is 1. The van der Waals surface area contributed by atoms with Crippen LogP contribution in [0, 0.1) is 6.92 Å². The molecule has 0 fully saturated rings. The third-order valence-corrected chi connectivity index (χ3v) is 2.18. The Morgan fingerprint density at radius 2 is 2.31 bits per heavy atom. The molecule has 1 rings (SSSR count). The van der Waals surface area contributed by atoms with Gasteiger partial charge in [0.1, 0.15) is 5.82 Å². The Balaban J connectivity index is 2.37. The summed E-state index contributed by atoms with van der Waals surface area (Å²) in [5.74, 6) is 0.790. The molecule has 0 aliphatic carbocycles. The molecule has 0 atom stereocenters. The van der Waals surface area contributed by atoms with Crippen molar-refractivity contribution < 1.29 is 4.79 Å². The molecule has 4 N–H and O–H groups in total. The minimum Gasteiger partial charge on any atom is -0.397 e. The fourth-order valence-corrected chi connectivity index (χ4v) is 1.25. The first-order valence-corrected chi connectivity index (χ1v) is 5.36. The SMILES string of the molecule is CCNC(=O)CCNc1cc(C)c(N)cn1. The second-order valence-corrected chi connectivity index (χ2v) is 3.56. The Morgan fingerprint density at radius 3 is 2.94 bits per heavy atom. The Hall–Kier alpha value is -1.78. The summed E-state index contributed by atoms with van der Waals surface area (Å²) < 4.78 is 0. The zero-order valence-corrected chi connectivity index (χ0v) is 9.71. The molecule has 1 aromatic heterocycles. The first-order valence-electron chi connectivity index (χ1n) is 5.36. The van der Waals surface area contributed by atoms with Gasteiger partial charge in [0.2, 0.25) is 5.91 Å². The third-order valence-electron chi connectivity index (χ3n) is 2.18. The van der Waals surface area contributed by atoms with E-state index in [4.69, 9.17) is 5.73 Å². The molecule has 1 amide bonds. The average Bonchev–Trinajstić information content (AvgIpc) is 2.24. The van der Waals surface area contributed by atoms with E-state index < -0.39 is 0 Å². The van der Waals surface area contributed by atoms with Crippen molar-refractivity contribution in [2.45, 2.75) is 20.3 Å². The van der Waals surface area contributed by atoms with Crippen LogP contribution < -0.4 is 16.4 Å². The number of nitrogens with zero attached hydrogens (tertiary/aromatic N) is 1. The van der Waals surface area contributed by atoms with Gasteiger partial charge >= 0.3 is 0 Å². The number of anilines is 2. The summed E-state index contributed by atoms with van der Waals surface area (Å²) in [6, 6.07) is 1.87. The van der Waals surface area contributed by atoms with Crippen LogP contribution in [0.4, 0.5) is 11.5 Å². The van der Waals surface area contributed by atoms with E-state index in [9.17, 15) is 4.79 Å². The standard InChI is InChI=1S/C11H18N4O/c1-3-13-11(16)4-5-14-10-6-8(2)9(12)7-15-10/h6-7H,3-5,12H2,1-2H3,(H,13,16)(H,14,15). The van der Waals surface area contributed by atoms with Crippen LogP contribution in [0.1, 0.15) is 18.9 Å². The van der Waals surface area contributed by atoms with E-state index in [0.29, 0.717) is 25.2 Å². The van der Waals surface area contributed by atoms with Crippen molar-refractivity contribution >= 4 is 17.4 Å². The zero-order chi connectivity index (χ0) is 12.0. The lowest BCUT2D eigenvalue weighted by molar-refractivity contribution is -0.120. The van der Waals surface area contributed by atoms with Crippen molar-refractivity contribution in [3.8, 4) is 0 Å². The largest absolute Gasteiger partial charge is 0.397 e. The first kappa shape index (κ1) is 12.3. The van der Waals surface area contributed by atoms with Gasteiger partial charge < -0.3 is 16.4 Å². The van der Waals surface area contributed by atoms with E-state index in [1.165, 1.54) is 0 Å². The van der Waals surface area contributed by atoms with Gasteiger partial charge in [0, 0.05) is 19.5 Å². The quantitative estimate of drug-likeness (QED) is 0.691. The van der Waals surface area contributed by atoms with Gasteiger partial charge in [-0.05, 0) is 25.5 Å². The van der Waals surface area contributed by atoms with Crippen LogP contribution in [-0.4, -0.2) is 24.0 Å². The number of aryl methyl sites for hydroxylation is 1. The summed E-state index contributed by atoms with van der Waals surface area (Å²) in [7, 11) is 0. The summed E-state index contributed by atoms with van der Waals surface area (Å²) in [5.41, 5.74) is 7.31. The van der Waals surface area contributed by atoms with Gasteiger partial charge in [0.05, 0.1) is 11.9 Å². The lowest BCUT2D eigenvalue weighted by Crippen LogP contribution is -2.24. The predicted octanol–water partition coefficient (Wildman–Crippen LogP) is 0.910. The molecule has 1 aromatic rings. The van der Waals surface area contributed by atoms with Crippen LogP contribution in [0.5, 0.6) is 0 Å². The Labute approximate surface area is 95.4 Å². The van der Waals surface area contributed by atoms with E-state index in [2.05, 4.69) is 15.6 Å². The maximum Gasteiger partial charge on any atom is 0.221 e. The monoisotopic (exact) mass is 222 g/mol. The summed E-state index contributed by atoms with van der Waals surface area (Å²) >= 11 is 0. The lowest BCUT2D eigenvalue weighted by atomic mass is 10.2. The topological polar surface area (TPSA) is 80.0 Å². The van der Waals surface area contributed by atoms with Gasteiger partial charge in [-0.25, -0.2) is 4.98 Å². The van der Waals surface area contributed by atoms with Crippen molar-refractivity contribution in [3.05, 3.63) is 17.8 Å². The molecular weight excluding hydrogens is 204 g/mol. The van der Waals surface area contributed by atoms with Crippen LogP contribution >= 0.6 is 0 Å². The number of pyridine rings is 1. The molecular formula is C11H18N4O. The molecule has 0 saturated heterocycles. The second-order valence-electron chi connectivity index (χ2n) is 3.56. The van der Waals surface area contributed by atoms with Crippen molar-refractivity contribution in [1.82, 2.24) is 10.3 Å². The van der Waals surface area contributed by atoms with Crippen molar-refractivity contribution in [2.75, 3.05) is 24.1 Å². The van der Waals surface area contributed by atoms with E-state index in [1.807, 2.05) is 19.9 Å². The molecule has 0 aliphatic heterocycles. The first-order chi connectivity index (χ1) is 7.63. The zero-order valence-electron chi connectivity index (χ0n) is 9.71. The average molecular weight is 222 g/mol. The number of nitrogens with two attached hydrogens (primary N) is 1. The highest BCUT2D eigenvalue weighted by Crippen LogP contribution is 2.12. The maximum absolute atomic E-state index is 11.2. The number of rotatable bonds is 5. The van der Waals surface area contributed by atoms with Gasteiger partial charge in [-0.2, -0.15) is 0 Å². The minimum atomic E-state index is 0.0437. The molecule has 0 spiro atoms. The molecule has 5 nitrogen and oxygen atoms in total. The normalized spacial score (nSPS) is 9.88. The second kappa shape index (κ2) is 5.95. The van der Waals surface area contributed by atoms with Gasteiger partial charge in [0.25, 0.3) is 0 Å². The number of aromatic nitrogens is 1. The molecule has 0 saturated carbocycles. The van der Waals surface area contributed by atoms with E-state index in [-0.39, 0.29) is 5.91 Å². The van der Waals surface area contributed by atoms with Crippen molar-refractivity contribution in [3.63, 3.8) is 0 Å². The third kappa shape index (κ3) is 3.76. The molecule has 0 unspecified atom stereocenters. The van der Waals surface area contributed by atoms with Crippen molar-refractivity contribution in [1.29, 1.82) is 0 Å². The number of hydrogen-bond acceptors (Lipinski definition) is 4. The fourth-order valence-electron chi connectivity index (χ4n) is 1.25. The number of nitrogens with one attached hydrogen (secondary N) is 2. The van der Waals surface area contributed by atoms with Crippen LogP contribution in [0.15, 0.2) is 12.3 Å². The molecule has 0 bridgehead atoms. The molecule has 88 valence electrons. The van der Waals surface area contributed by atoms with Crippen LogP contribution in [-0.2, 0) is 4.79 Å². The van der Waals surface area contributed by atoms with Gasteiger partial charge in [-0.1, -0.05) is 0 Å². The number of nitrogen functional groups attached to an aromatic ring is 1. The van der Waals surface area contributed by atoms with E-state index >= 15 is 0 Å². The Kier molecular flexibility index (Phi) is 4.57. The predicted molar refractivity (Wildman–Crippen MR) is 65.2 cm³/mol. The highest BCUT2D eigenvalue weighted by atomic mass is 16.1. The lowest BCUT2D eigenvalue weighted by Gasteiger charge is -2.07. The summed E-state index contributed by atoms with van der Waals surface area (Å²) in [5, 5.41) is 5.81. The van der Waals surface area contributed by atoms with E-state index in [0.717, 1.165) is 11.4 Å². The van der Waals surface area contributed by atoms with Crippen molar-refractivity contribution in [2.24, 2.45) is 0 Å². The summed E-state index contributed by atoms with van der Waals surface area (Å²) in [4.78, 5) is 15.3. The van der Waals surface area contributed by atoms with Crippen LogP contribution in [0.25, 0.3) is 0 Å². The number of hydrogen-bond donors (Lipinski definition) is 3. The number of carbonyl (C=O) groups excluding carboxylic acids is 1. The highest BCUT2D eigenvalue weighted by Gasteiger charge is 2.00. The Bertz CT molecular complexity index is 365. The molecule has 5 heteroatoms. The van der Waals surface area contributed by atoms with Gasteiger partial charge in [-0.15, -0.1) is 0 Å². The Morgan fingerprint density at radius 1 is 1.56 bits per heavy atom. The smallest absolute Gasteiger partial charge is 0.221 e. The van der Waals surface area contributed by atoms with E-state index in [1.54, 1.807) is 6.20 Å². The van der Waals surface area contributed by atoms with Crippen LogP contribution in [0.2, 0.25) is 0 Å². The van der Waals surface area contributed by atoms with Gasteiger partial charge in [-0.3, -0.25) is 4.79 Å². The molecule has 16 heavy (non-hydrogen) atoms. The van der Waals surface area contributed by atoms with Gasteiger partial charge in [0.15, 0.2) is 0 Å².